The molecule has 0 aliphatic carbocycles. The molecular formula is C9H22N2. The molecular weight excluding hydrogens is 136 g/mol. The van der Waals surface area contributed by atoms with E-state index in [0.29, 0.717) is 5.41 Å². The fourth-order valence-electron chi connectivity index (χ4n) is 1.08. The van der Waals surface area contributed by atoms with Crippen molar-refractivity contribution in [2.75, 3.05) is 26.7 Å². The molecule has 1 atom stereocenters. The average Bonchev–Trinajstić information content (AvgIpc) is 2.04. The Bertz CT molecular complexity index is 97.7. The maximum absolute atomic E-state index is 5.69. The van der Waals surface area contributed by atoms with Gasteiger partial charge in [0.2, 0.25) is 0 Å². The molecule has 0 fully saturated rings. The van der Waals surface area contributed by atoms with Crippen molar-refractivity contribution in [3.05, 3.63) is 0 Å². The highest BCUT2D eigenvalue weighted by Gasteiger charge is 2.20. The molecule has 0 aliphatic heterocycles. The normalized spacial score (nSPS) is 16.9. The van der Waals surface area contributed by atoms with E-state index >= 15 is 0 Å². The number of rotatable bonds is 5. The zero-order chi connectivity index (χ0) is 8.91. The summed E-state index contributed by atoms with van der Waals surface area (Å²) in [5.74, 6) is 0. The van der Waals surface area contributed by atoms with Crippen LogP contribution >= 0.6 is 0 Å². The van der Waals surface area contributed by atoms with Crippen LogP contribution in [0.3, 0.4) is 0 Å². The molecule has 0 saturated heterocycles. The molecule has 0 aromatic carbocycles. The van der Waals surface area contributed by atoms with E-state index in [9.17, 15) is 0 Å². The van der Waals surface area contributed by atoms with Crippen molar-refractivity contribution in [2.24, 2.45) is 11.1 Å². The molecule has 1 unspecified atom stereocenters. The Hall–Kier alpha value is -0.0800. The van der Waals surface area contributed by atoms with Gasteiger partial charge < -0.3 is 10.6 Å². The van der Waals surface area contributed by atoms with Crippen LogP contribution in [0.2, 0.25) is 0 Å². The first-order valence-electron chi connectivity index (χ1n) is 4.46. The molecule has 2 N–H and O–H groups in total. The van der Waals surface area contributed by atoms with Crippen LogP contribution in [0.4, 0.5) is 0 Å². The summed E-state index contributed by atoms with van der Waals surface area (Å²) in [6, 6.07) is 0. The van der Waals surface area contributed by atoms with Crippen LogP contribution in [-0.4, -0.2) is 31.6 Å². The molecule has 0 radical (unpaired) electrons. The topological polar surface area (TPSA) is 29.3 Å². The maximum Gasteiger partial charge on any atom is 0.00441 e. The van der Waals surface area contributed by atoms with Gasteiger partial charge in [-0.1, -0.05) is 20.8 Å². The largest absolute Gasteiger partial charge is 0.330 e. The molecule has 68 valence electrons. The Morgan fingerprint density at radius 2 is 1.91 bits per heavy atom. The highest BCUT2D eigenvalue weighted by atomic mass is 15.1. The van der Waals surface area contributed by atoms with Gasteiger partial charge >= 0.3 is 0 Å². The van der Waals surface area contributed by atoms with Gasteiger partial charge in [-0.15, -0.1) is 0 Å². The molecule has 0 amide bonds. The lowest BCUT2D eigenvalue weighted by Gasteiger charge is -2.31. The zero-order valence-corrected chi connectivity index (χ0v) is 8.35. The fraction of sp³-hybridized carbons (Fsp3) is 1.00. The molecule has 0 saturated carbocycles. The zero-order valence-electron chi connectivity index (χ0n) is 8.35. The summed E-state index contributed by atoms with van der Waals surface area (Å²) < 4.78 is 0. The van der Waals surface area contributed by atoms with Gasteiger partial charge in [0.05, 0.1) is 0 Å². The van der Waals surface area contributed by atoms with E-state index in [1.54, 1.807) is 0 Å². The van der Waals surface area contributed by atoms with Gasteiger partial charge in [0.15, 0.2) is 0 Å². The molecule has 2 nitrogen and oxygen atoms in total. The summed E-state index contributed by atoms with van der Waals surface area (Å²) in [7, 11) is 2.14. The first kappa shape index (κ1) is 10.9. The number of nitrogens with zero attached hydrogens (tertiary/aromatic N) is 1. The van der Waals surface area contributed by atoms with E-state index < -0.39 is 0 Å². The third-order valence-corrected chi connectivity index (χ3v) is 2.54. The predicted octanol–water partition coefficient (Wildman–Crippen LogP) is 1.31. The molecule has 0 aliphatic rings. The highest BCUT2D eigenvalue weighted by Crippen LogP contribution is 2.19. The van der Waals surface area contributed by atoms with Crippen molar-refractivity contribution in [1.82, 2.24) is 4.90 Å². The van der Waals surface area contributed by atoms with Crippen LogP contribution < -0.4 is 5.73 Å². The molecule has 0 bridgehead atoms. The number of nitrogens with two attached hydrogens (primary N) is 1. The van der Waals surface area contributed by atoms with E-state index in [2.05, 4.69) is 32.7 Å². The summed E-state index contributed by atoms with van der Waals surface area (Å²) >= 11 is 0. The number of hydrogen-bond acceptors (Lipinski definition) is 2. The Labute approximate surface area is 70.8 Å². The lowest BCUT2D eigenvalue weighted by Crippen LogP contribution is -2.38. The minimum Gasteiger partial charge on any atom is -0.330 e. The Morgan fingerprint density at radius 3 is 2.18 bits per heavy atom. The molecule has 11 heavy (non-hydrogen) atoms. The van der Waals surface area contributed by atoms with Crippen LogP contribution in [0.5, 0.6) is 0 Å². The Kier molecular flexibility index (Phi) is 4.69. The van der Waals surface area contributed by atoms with Crippen molar-refractivity contribution < 1.29 is 0 Å². The SMILES string of the molecule is CCN(C)CC(C)(CC)CN. The first-order chi connectivity index (χ1) is 5.08. The smallest absolute Gasteiger partial charge is 0.00441 e. The summed E-state index contributed by atoms with van der Waals surface area (Å²) in [6.45, 7) is 9.63. The number of hydrogen-bond donors (Lipinski definition) is 1. The van der Waals surface area contributed by atoms with Crippen LogP contribution in [0, 0.1) is 5.41 Å². The lowest BCUT2D eigenvalue weighted by atomic mass is 9.87. The third-order valence-electron chi connectivity index (χ3n) is 2.54. The van der Waals surface area contributed by atoms with Gasteiger partial charge in [0, 0.05) is 6.54 Å². The maximum atomic E-state index is 5.69. The first-order valence-corrected chi connectivity index (χ1v) is 4.46. The quantitative estimate of drug-likeness (QED) is 0.653. The second kappa shape index (κ2) is 4.73. The van der Waals surface area contributed by atoms with E-state index in [-0.39, 0.29) is 0 Å². The molecule has 0 aromatic heterocycles. The summed E-state index contributed by atoms with van der Waals surface area (Å²) in [6.07, 6.45) is 1.16. The van der Waals surface area contributed by atoms with Gasteiger partial charge in [-0.2, -0.15) is 0 Å². The monoisotopic (exact) mass is 158 g/mol. The van der Waals surface area contributed by atoms with E-state index in [1.165, 1.54) is 0 Å². The highest BCUT2D eigenvalue weighted by molar-refractivity contribution is 4.76. The fourth-order valence-corrected chi connectivity index (χ4v) is 1.08. The minimum absolute atomic E-state index is 0.310. The third kappa shape index (κ3) is 3.73. The lowest BCUT2D eigenvalue weighted by molar-refractivity contribution is 0.198. The molecule has 0 rings (SSSR count). The van der Waals surface area contributed by atoms with Crippen LogP contribution in [0.15, 0.2) is 0 Å². The molecule has 0 spiro atoms. The Balaban J connectivity index is 3.86. The second-order valence-electron chi connectivity index (χ2n) is 3.70. The van der Waals surface area contributed by atoms with Gasteiger partial charge in [-0.25, -0.2) is 0 Å². The van der Waals surface area contributed by atoms with E-state index in [0.717, 1.165) is 26.1 Å². The van der Waals surface area contributed by atoms with Crippen molar-refractivity contribution in [3.8, 4) is 0 Å². The van der Waals surface area contributed by atoms with Crippen LogP contribution in [0.25, 0.3) is 0 Å². The Morgan fingerprint density at radius 1 is 1.36 bits per heavy atom. The molecule has 0 heterocycles. The van der Waals surface area contributed by atoms with Crippen molar-refractivity contribution in [2.45, 2.75) is 27.2 Å². The van der Waals surface area contributed by atoms with Gasteiger partial charge in [0.1, 0.15) is 0 Å². The van der Waals surface area contributed by atoms with Crippen molar-refractivity contribution in [1.29, 1.82) is 0 Å². The minimum atomic E-state index is 0.310. The van der Waals surface area contributed by atoms with Gasteiger partial charge in [0.25, 0.3) is 0 Å². The van der Waals surface area contributed by atoms with E-state index in [4.69, 9.17) is 5.73 Å². The van der Waals surface area contributed by atoms with Crippen molar-refractivity contribution >= 4 is 0 Å². The van der Waals surface area contributed by atoms with E-state index in [1.807, 2.05) is 0 Å². The summed E-state index contributed by atoms with van der Waals surface area (Å²) in [4.78, 5) is 2.32. The van der Waals surface area contributed by atoms with Gasteiger partial charge in [-0.05, 0) is 32.0 Å². The van der Waals surface area contributed by atoms with Crippen LogP contribution in [0.1, 0.15) is 27.2 Å². The van der Waals surface area contributed by atoms with Gasteiger partial charge in [-0.3, -0.25) is 0 Å². The summed E-state index contributed by atoms with van der Waals surface area (Å²) in [5.41, 5.74) is 6.00. The predicted molar refractivity (Wildman–Crippen MR) is 50.6 cm³/mol. The molecule has 2 heteroatoms. The van der Waals surface area contributed by atoms with Crippen molar-refractivity contribution in [3.63, 3.8) is 0 Å². The standard InChI is InChI=1S/C9H22N2/c1-5-9(3,7-10)8-11(4)6-2/h5-8,10H2,1-4H3. The second-order valence-corrected chi connectivity index (χ2v) is 3.70. The average molecular weight is 158 g/mol. The van der Waals surface area contributed by atoms with Crippen LogP contribution in [-0.2, 0) is 0 Å². The molecule has 0 aromatic rings. The summed E-state index contributed by atoms with van der Waals surface area (Å²) in [5, 5.41) is 0.